The minimum atomic E-state index is -6.01. The zero-order valence-corrected chi connectivity index (χ0v) is 22.2. The van der Waals surface area contributed by atoms with Crippen molar-refractivity contribution in [1.29, 1.82) is 0 Å². The van der Waals surface area contributed by atoms with Gasteiger partial charge in [0, 0.05) is 13.7 Å². The Morgan fingerprint density at radius 2 is 1.82 bits per heavy atom. The molecule has 0 amide bonds. The Labute approximate surface area is 214 Å². The maximum absolute atomic E-state index is 12.0. The molecule has 0 spiro atoms. The van der Waals surface area contributed by atoms with Gasteiger partial charge in [0.2, 0.25) is 7.75 Å². The third kappa shape index (κ3) is 8.28. The Bertz CT molecular complexity index is 1230. The lowest BCUT2D eigenvalue weighted by atomic mass is 10.1. The minimum Gasteiger partial charge on any atom is -0.766 e. The molecule has 216 valence electrons. The monoisotopic (exact) mass is 605 g/mol. The van der Waals surface area contributed by atoms with E-state index in [9.17, 15) is 38.6 Å². The van der Waals surface area contributed by atoms with Crippen LogP contribution >= 0.6 is 23.4 Å². The molecule has 0 saturated carbocycles. The number of phosphoric acid groups is 2. The number of fused-ring (bicyclic) bond motifs is 1. The van der Waals surface area contributed by atoms with E-state index < -0.39 is 61.1 Å². The van der Waals surface area contributed by atoms with Crippen LogP contribution in [0.1, 0.15) is 6.23 Å². The number of anilines is 1. The van der Waals surface area contributed by atoms with Crippen molar-refractivity contribution < 1.29 is 65.9 Å². The second-order valence-electron chi connectivity index (χ2n) is 7.49. The molecule has 0 bridgehead atoms. The fraction of sp³-hybridized carbons (Fsp3) is 0.667. The van der Waals surface area contributed by atoms with E-state index in [1.54, 1.807) is 5.09 Å². The lowest BCUT2D eigenvalue weighted by Gasteiger charge is -2.35. The number of hydrogen-bond donors (Lipinski definition) is 4. The molecule has 20 nitrogen and oxygen atoms in total. The lowest BCUT2D eigenvalue weighted by molar-refractivity contribution is -0.246. The first-order chi connectivity index (χ1) is 17.8. The summed E-state index contributed by atoms with van der Waals surface area (Å²) in [6, 6.07) is 0. The number of aliphatic hydroxyl groups excluding tert-OH is 2. The number of rotatable bonds is 15. The number of nitrogens with one attached hydrogen (secondary N) is 1. The maximum atomic E-state index is 12.0. The van der Waals surface area contributed by atoms with Gasteiger partial charge in [-0.05, 0) is 0 Å². The van der Waals surface area contributed by atoms with Crippen LogP contribution in [0.4, 0.5) is 5.82 Å². The van der Waals surface area contributed by atoms with Gasteiger partial charge in [0.15, 0.2) is 17.7 Å². The predicted octanol–water partition coefficient (Wildman–Crippen LogP) is -3.26. The molecule has 5 N–H and O–H groups in total. The van der Waals surface area contributed by atoms with Gasteiger partial charge in [0.05, 0.1) is 32.8 Å². The quantitative estimate of drug-likeness (QED) is 0.114. The summed E-state index contributed by atoms with van der Waals surface area (Å²) in [5, 5.41) is 22.4. The van der Waals surface area contributed by atoms with Crippen LogP contribution in [-0.2, 0) is 41.1 Å². The number of nitrogen functional groups attached to an aromatic ring is 1. The van der Waals surface area contributed by atoms with Crippen LogP contribution in [-0.4, -0.2) is 88.1 Å². The average molecular weight is 605 g/mol. The molecule has 23 heteroatoms. The molecule has 0 radical (unpaired) electrons. The largest absolute Gasteiger partial charge is 0.766 e. The number of imidazole rings is 1. The molecule has 2 aromatic heterocycles. The van der Waals surface area contributed by atoms with E-state index in [1.807, 2.05) is 0 Å². The first kappa shape index (κ1) is 31.1. The normalized spacial score (nSPS) is 26.7. The molecule has 0 aromatic carbocycles. The summed E-state index contributed by atoms with van der Waals surface area (Å²) >= 11 is 0. The van der Waals surface area contributed by atoms with Crippen LogP contribution in [0.15, 0.2) is 12.7 Å². The third-order valence-electron chi connectivity index (χ3n) is 4.79. The highest BCUT2D eigenvalue weighted by Gasteiger charge is 2.45. The molecule has 2 aromatic rings. The van der Waals surface area contributed by atoms with Gasteiger partial charge >= 0.3 is 0 Å². The zero-order chi connectivity index (χ0) is 28.1. The van der Waals surface area contributed by atoms with E-state index in [0.717, 1.165) is 6.33 Å². The van der Waals surface area contributed by atoms with Crippen molar-refractivity contribution in [3.63, 3.8) is 0 Å². The molecule has 1 aliphatic rings. The number of methoxy groups -OCH3 is 1. The third-order valence-corrected chi connectivity index (χ3v) is 9.12. The highest BCUT2D eigenvalue weighted by atomic mass is 31.3. The van der Waals surface area contributed by atoms with Crippen LogP contribution in [0.5, 0.6) is 0 Å². The zero-order valence-electron chi connectivity index (χ0n) is 19.5. The molecule has 3 rings (SSSR count). The second-order valence-corrected chi connectivity index (χ2v) is 12.2. The van der Waals surface area contributed by atoms with E-state index in [-0.39, 0.29) is 36.8 Å². The maximum Gasteiger partial charge on any atom is 0.280 e. The van der Waals surface area contributed by atoms with Crippen LogP contribution in [0.2, 0.25) is 0 Å². The molecule has 1 aliphatic heterocycles. The molecule has 0 aliphatic carbocycles. The van der Waals surface area contributed by atoms with Crippen LogP contribution in [0.25, 0.3) is 11.2 Å². The number of nitrogens with two attached hydrogens (primary N) is 1. The minimum absolute atomic E-state index is 0.0311. The first-order valence-corrected chi connectivity index (χ1v) is 15.0. The first-order valence-electron chi connectivity index (χ1n) is 10.5. The number of aromatic nitrogens is 4. The molecule has 7 atom stereocenters. The molecule has 38 heavy (non-hydrogen) atoms. The molecule has 1 saturated heterocycles. The van der Waals surface area contributed by atoms with Gasteiger partial charge in [-0.2, -0.15) is 0 Å². The Kier molecular flexibility index (Phi) is 10.5. The summed E-state index contributed by atoms with van der Waals surface area (Å²) in [6.45, 7) is -1.23. The smallest absolute Gasteiger partial charge is 0.280 e. The molecule has 1 fully saturated rings. The van der Waals surface area contributed by atoms with Crippen molar-refractivity contribution in [2.45, 2.75) is 24.5 Å². The summed E-state index contributed by atoms with van der Waals surface area (Å²) in [6.07, 6.45) is -3.88. The number of ether oxygens (including phenoxy) is 3. The van der Waals surface area contributed by atoms with Crippen molar-refractivity contribution >= 4 is 40.4 Å². The number of phosphoric ester groups is 1. The number of hydrogen-bond acceptors (Lipinski definition) is 18. The summed E-state index contributed by atoms with van der Waals surface area (Å²) in [5.74, 6) is 0.0311. The highest BCUT2D eigenvalue weighted by Crippen LogP contribution is 2.61. The fourth-order valence-corrected chi connectivity index (χ4v) is 6.67. The standard InChI is InChI=1S/C15H27N6O14P3/c1-30-4-5-31-3-2-20-36(24,25)34-38(28,29)35-37(26,27)32-6-9-11(22)12(23)15(33-9)21-8-19-10-13(16)17-7-18-14(10)21/h7-9,11-12,15,22-23H,2-6H2,1H3,(H,26,27)(H,28,29)(H2,16,17,18)(H2,20,24,25)/p-3/t9-,11+,12?,15-/m1/s1. The SMILES string of the molecule is COCCOCCNP(=O)([O-])OP(=O)([O-])OP(=O)([O-])OC[C@H]1O[C@@H](n2cnc3c(N)ncnc32)C(O)[C@H]1O. The Hall–Kier alpha value is -1.44. The van der Waals surface area contributed by atoms with Gasteiger partial charge in [-0.15, -0.1) is 0 Å². The van der Waals surface area contributed by atoms with E-state index >= 15 is 0 Å². The average Bonchev–Trinajstić information content (AvgIpc) is 3.35. The van der Waals surface area contributed by atoms with Crippen molar-refractivity contribution in [2.75, 3.05) is 45.8 Å². The summed E-state index contributed by atoms with van der Waals surface area (Å²) in [4.78, 5) is 47.3. The van der Waals surface area contributed by atoms with Gasteiger partial charge in [-0.3, -0.25) is 27.7 Å². The number of nitrogens with zero attached hydrogens (tertiary/aromatic N) is 4. The highest BCUT2D eigenvalue weighted by molar-refractivity contribution is 7.66. The van der Waals surface area contributed by atoms with E-state index in [2.05, 4.69) is 28.1 Å². The van der Waals surface area contributed by atoms with E-state index in [0.29, 0.717) is 0 Å². The Morgan fingerprint density at radius 1 is 1.08 bits per heavy atom. The fourth-order valence-electron chi connectivity index (χ4n) is 3.14. The van der Waals surface area contributed by atoms with Crippen LogP contribution in [0.3, 0.4) is 0 Å². The van der Waals surface area contributed by atoms with E-state index in [1.165, 1.54) is 18.0 Å². The molecular weight excluding hydrogens is 581 g/mol. The van der Waals surface area contributed by atoms with Gasteiger partial charge in [0.25, 0.3) is 15.6 Å². The topological polar surface area (TPSA) is 298 Å². The Balaban J connectivity index is 1.54. The van der Waals surface area contributed by atoms with Crippen molar-refractivity contribution in [1.82, 2.24) is 24.6 Å². The molecular formula is C15H24N6O14P3-3. The van der Waals surface area contributed by atoms with Crippen molar-refractivity contribution in [3.8, 4) is 0 Å². The van der Waals surface area contributed by atoms with Crippen molar-refractivity contribution in [2.24, 2.45) is 0 Å². The van der Waals surface area contributed by atoms with Gasteiger partial charge in [-0.1, -0.05) is 0 Å². The van der Waals surface area contributed by atoms with Crippen LogP contribution in [0, 0.1) is 0 Å². The predicted molar refractivity (Wildman–Crippen MR) is 117 cm³/mol. The second kappa shape index (κ2) is 12.8. The summed E-state index contributed by atoms with van der Waals surface area (Å²) < 4.78 is 63.9. The molecule has 3 heterocycles. The van der Waals surface area contributed by atoms with E-state index in [4.69, 9.17) is 19.9 Å². The summed E-state index contributed by atoms with van der Waals surface area (Å²) in [5.41, 5.74) is 6.00. The van der Waals surface area contributed by atoms with Gasteiger partial charge in [0.1, 0.15) is 30.2 Å². The Morgan fingerprint density at radius 3 is 2.53 bits per heavy atom. The van der Waals surface area contributed by atoms with Gasteiger partial charge < -0.3 is 49.4 Å². The van der Waals surface area contributed by atoms with Gasteiger partial charge in [-0.25, -0.2) is 19.3 Å². The van der Waals surface area contributed by atoms with Crippen LogP contribution < -0.4 is 25.5 Å². The molecule has 4 unspecified atom stereocenters. The summed E-state index contributed by atoms with van der Waals surface area (Å²) in [7, 11) is -15.7. The lowest BCUT2D eigenvalue weighted by Crippen LogP contribution is -2.34. The van der Waals surface area contributed by atoms with Crippen molar-refractivity contribution in [3.05, 3.63) is 12.7 Å². The number of aliphatic hydroxyl groups is 2.